The second kappa shape index (κ2) is 6.12. The van der Waals surface area contributed by atoms with Crippen LogP contribution in [0, 0.1) is 0 Å². The predicted molar refractivity (Wildman–Crippen MR) is 65.9 cm³/mol. The summed E-state index contributed by atoms with van der Waals surface area (Å²) in [5.41, 5.74) is -3.34. The van der Waals surface area contributed by atoms with Gasteiger partial charge in [-0.3, -0.25) is 0 Å². The second-order valence-electron chi connectivity index (χ2n) is 3.55. The molecule has 1 nitrogen and oxygen atoms in total. The molecule has 0 amide bonds. The number of rotatable bonds is 4. The van der Waals surface area contributed by atoms with Gasteiger partial charge in [-0.2, -0.15) is 13.2 Å². The third-order valence-corrected chi connectivity index (χ3v) is 2.89. The summed E-state index contributed by atoms with van der Waals surface area (Å²) in [6, 6.07) is 6.53. The summed E-state index contributed by atoms with van der Waals surface area (Å²) in [5.74, 6) is 0. The van der Waals surface area contributed by atoms with Crippen molar-refractivity contribution in [2.45, 2.75) is 23.4 Å². The molecule has 0 saturated heterocycles. The minimum absolute atomic E-state index is 0.0981. The van der Waals surface area contributed by atoms with E-state index in [1.54, 1.807) is 12.1 Å². The van der Waals surface area contributed by atoms with Gasteiger partial charge in [0.05, 0.1) is 0 Å². The molecule has 1 aromatic carbocycles. The minimum atomic E-state index is -4.22. The van der Waals surface area contributed by atoms with Crippen molar-refractivity contribution in [2.75, 3.05) is 7.05 Å². The summed E-state index contributed by atoms with van der Waals surface area (Å²) in [5, 5.41) is 3.04. The summed E-state index contributed by atoms with van der Waals surface area (Å²) in [4.78, 5) is 0.205. The van der Waals surface area contributed by atoms with Crippen LogP contribution in [0.5, 0.6) is 0 Å². The maximum atomic E-state index is 12.1. The molecule has 0 aromatic heterocycles. The first-order valence-electron chi connectivity index (χ1n) is 5.12. The summed E-state index contributed by atoms with van der Waals surface area (Å²) in [6.45, 7) is 1.99. The van der Waals surface area contributed by atoms with E-state index in [0.29, 0.717) is 0 Å². The van der Waals surface area contributed by atoms with Crippen molar-refractivity contribution in [2.24, 2.45) is 0 Å². The van der Waals surface area contributed by atoms with Gasteiger partial charge in [0.2, 0.25) is 0 Å². The molecular weight excluding hydrogens is 247 g/mol. The van der Waals surface area contributed by atoms with Gasteiger partial charge < -0.3 is 5.32 Å². The van der Waals surface area contributed by atoms with E-state index >= 15 is 0 Å². The molecule has 17 heavy (non-hydrogen) atoms. The largest absolute Gasteiger partial charge is 0.446 e. The minimum Gasteiger partial charge on any atom is -0.314 e. The van der Waals surface area contributed by atoms with E-state index in [1.807, 2.05) is 26.1 Å². The molecule has 5 heteroatoms. The van der Waals surface area contributed by atoms with Gasteiger partial charge in [-0.25, -0.2) is 0 Å². The smallest absolute Gasteiger partial charge is 0.314 e. The van der Waals surface area contributed by atoms with Crippen LogP contribution < -0.4 is 5.32 Å². The Balaban J connectivity index is 2.65. The van der Waals surface area contributed by atoms with Gasteiger partial charge in [-0.15, -0.1) is 0 Å². The van der Waals surface area contributed by atoms with Crippen molar-refractivity contribution < 1.29 is 13.2 Å². The third kappa shape index (κ3) is 5.79. The molecule has 0 radical (unpaired) electrons. The molecule has 94 valence electrons. The normalized spacial score (nSPS) is 14.2. The van der Waals surface area contributed by atoms with Gasteiger partial charge in [0.1, 0.15) is 0 Å². The lowest BCUT2D eigenvalue weighted by molar-refractivity contribution is -0.0328. The van der Waals surface area contributed by atoms with E-state index < -0.39 is 5.51 Å². The number of hydrogen-bond donors (Lipinski definition) is 1. The maximum Gasteiger partial charge on any atom is 0.446 e. The molecule has 0 aliphatic rings. The Morgan fingerprint density at radius 1 is 1.24 bits per heavy atom. The van der Waals surface area contributed by atoms with Crippen LogP contribution in [0.4, 0.5) is 13.2 Å². The molecule has 0 aliphatic heterocycles. The molecule has 1 atom stereocenters. The summed E-state index contributed by atoms with van der Waals surface area (Å²) in [7, 11) is 1.85. The standard InChI is InChI=1S/C12H14F3NS/c1-9(16-2)3-4-10-5-7-11(8-6-10)17-12(13,14)15/h3-9,16H,1-2H3/b4-3+. The Morgan fingerprint density at radius 2 is 1.82 bits per heavy atom. The number of halogens is 3. The van der Waals surface area contributed by atoms with E-state index in [1.165, 1.54) is 12.1 Å². The molecule has 1 N–H and O–H groups in total. The highest BCUT2D eigenvalue weighted by Gasteiger charge is 2.28. The fraction of sp³-hybridized carbons (Fsp3) is 0.333. The molecule has 0 saturated carbocycles. The van der Waals surface area contributed by atoms with E-state index in [0.717, 1.165) is 5.56 Å². The van der Waals surface area contributed by atoms with Crippen LogP contribution in [0.15, 0.2) is 35.2 Å². The molecular formula is C12H14F3NS. The number of thioether (sulfide) groups is 1. The number of nitrogens with one attached hydrogen (secondary N) is 1. The molecule has 0 fully saturated rings. The van der Waals surface area contributed by atoms with E-state index in [2.05, 4.69) is 5.32 Å². The molecule has 0 spiro atoms. The Morgan fingerprint density at radius 3 is 2.29 bits per heavy atom. The van der Waals surface area contributed by atoms with Crippen molar-refractivity contribution in [1.29, 1.82) is 0 Å². The van der Waals surface area contributed by atoms with Crippen LogP contribution in [0.2, 0.25) is 0 Å². The van der Waals surface area contributed by atoms with E-state index in [9.17, 15) is 13.2 Å². The number of alkyl halides is 3. The number of hydrogen-bond acceptors (Lipinski definition) is 2. The topological polar surface area (TPSA) is 12.0 Å². The molecule has 0 aliphatic carbocycles. The Hall–Kier alpha value is -0.940. The number of likely N-dealkylation sites (N-methyl/N-ethyl adjacent to an activating group) is 1. The van der Waals surface area contributed by atoms with Gasteiger partial charge in [0.25, 0.3) is 0 Å². The molecule has 0 heterocycles. The lowest BCUT2D eigenvalue weighted by Gasteiger charge is -2.05. The fourth-order valence-corrected chi connectivity index (χ4v) is 1.67. The van der Waals surface area contributed by atoms with Gasteiger partial charge in [-0.05, 0) is 43.4 Å². The predicted octanol–water partition coefficient (Wildman–Crippen LogP) is 3.92. The van der Waals surface area contributed by atoms with Crippen LogP contribution in [0.1, 0.15) is 12.5 Å². The molecule has 0 bridgehead atoms. The third-order valence-electron chi connectivity index (χ3n) is 2.15. The van der Waals surface area contributed by atoms with Gasteiger partial charge >= 0.3 is 5.51 Å². The lowest BCUT2D eigenvalue weighted by Crippen LogP contribution is -2.17. The lowest BCUT2D eigenvalue weighted by atomic mass is 10.2. The Labute approximate surface area is 103 Å². The SMILES string of the molecule is CNC(C)/C=C/c1ccc(SC(F)(F)F)cc1. The van der Waals surface area contributed by atoms with Gasteiger partial charge in [0.15, 0.2) is 0 Å². The van der Waals surface area contributed by atoms with Crippen LogP contribution in [-0.2, 0) is 0 Å². The van der Waals surface area contributed by atoms with Crippen LogP contribution in [0.3, 0.4) is 0 Å². The Kier molecular flexibility index (Phi) is 5.08. The average Bonchev–Trinajstić information content (AvgIpc) is 2.25. The quantitative estimate of drug-likeness (QED) is 0.824. The van der Waals surface area contributed by atoms with Gasteiger partial charge in [0, 0.05) is 10.9 Å². The van der Waals surface area contributed by atoms with Crippen molar-refractivity contribution >= 4 is 17.8 Å². The molecule has 1 unspecified atom stereocenters. The highest BCUT2D eigenvalue weighted by molar-refractivity contribution is 8.00. The fourth-order valence-electron chi connectivity index (χ4n) is 1.13. The zero-order chi connectivity index (χ0) is 12.9. The van der Waals surface area contributed by atoms with Crippen molar-refractivity contribution in [3.63, 3.8) is 0 Å². The number of benzene rings is 1. The maximum absolute atomic E-state index is 12.1. The molecule has 1 rings (SSSR count). The molecule has 1 aromatic rings. The first-order valence-corrected chi connectivity index (χ1v) is 5.93. The summed E-state index contributed by atoms with van der Waals surface area (Å²) in [6.07, 6.45) is 3.83. The van der Waals surface area contributed by atoms with E-state index in [-0.39, 0.29) is 22.7 Å². The summed E-state index contributed by atoms with van der Waals surface area (Å²) >= 11 is -0.0981. The van der Waals surface area contributed by atoms with E-state index in [4.69, 9.17) is 0 Å². The zero-order valence-electron chi connectivity index (χ0n) is 9.58. The Bertz CT molecular complexity index is 370. The van der Waals surface area contributed by atoms with Crippen LogP contribution >= 0.6 is 11.8 Å². The highest BCUT2D eigenvalue weighted by Crippen LogP contribution is 2.36. The first kappa shape index (κ1) is 14.1. The highest BCUT2D eigenvalue weighted by atomic mass is 32.2. The van der Waals surface area contributed by atoms with Crippen LogP contribution in [-0.4, -0.2) is 18.6 Å². The summed E-state index contributed by atoms with van der Waals surface area (Å²) < 4.78 is 36.2. The van der Waals surface area contributed by atoms with Crippen LogP contribution in [0.25, 0.3) is 6.08 Å². The van der Waals surface area contributed by atoms with Crippen molar-refractivity contribution in [1.82, 2.24) is 5.32 Å². The van der Waals surface area contributed by atoms with Gasteiger partial charge in [-0.1, -0.05) is 24.3 Å². The monoisotopic (exact) mass is 261 g/mol. The van der Waals surface area contributed by atoms with Crippen molar-refractivity contribution in [3.8, 4) is 0 Å². The second-order valence-corrected chi connectivity index (χ2v) is 4.69. The van der Waals surface area contributed by atoms with Crippen molar-refractivity contribution in [3.05, 3.63) is 35.9 Å². The average molecular weight is 261 g/mol. The zero-order valence-corrected chi connectivity index (χ0v) is 10.4. The first-order chi connectivity index (χ1) is 7.90.